The SMILES string of the molecule is N#Cc1ccc(NC(=O)NC2CCC(CNc3nc(N4CCOCC4)cc(-n4c(C(F)F)nc5ccccc54)n3)CC2)cc1. The molecule has 2 aromatic heterocycles. The molecule has 0 spiro atoms. The van der Waals surface area contributed by atoms with E-state index in [0.717, 1.165) is 25.7 Å². The van der Waals surface area contributed by atoms with Gasteiger partial charge in [0.1, 0.15) is 11.6 Å². The minimum Gasteiger partial charge on any atom is -0.378 e. The molecule has 228 valence electrons. The van der Waals surface area contributed by atoms with Gasteiger partial charge in [-0.1, -0.05) is 12.1 Å². The number of para-hydroxylation sites is 2. The van der Waals surface area contributed by atoms with Gasteiger partial charge in [-0.3, -0.25) is 4.57 Å². The molecule has 2 aromatic carbocycles. The van der Waals surface area contributed by atoms with E-state index < -0.39 is 6.43 Å². The highest BCUT2D eigenvalue weighted by Gasteiger charge is 2.25. The summed E-state index contributed by atoms with van der Waals surface area (Å²) >= 11 is 0. The van der Waals surface area contributed by atoms with Gasteiger partial charge in [0.15, 0.2) is 5.82 Å². The van der Waals surface area contributed by atoms with Crippen molar-refractivity contribution >= 4 is 34.5 Å². The minimum absolute atomic E-state index is 0.0550. The molecule has 0 unspecified atom stereocenters. The van der Waals surface area contributed by atoms with Crippen molar-refractivity contribution in [2.45, 2.75) is 38.2 Å². The van der Waals surface area contributed by atoms with E-state index in [1.54, 1.807) is 54.6 Å². The maximum atomic E-state index is 14.1. The molecule has 3 heterocycles. The highest BCUT2D eigenvalue weighted by atomic mass is 19.3. The smallest absolute Gasteiger partial charge is 0.319 e. The standard InChI is InChI=1S/C31H33F2N9O2/c32-28(33)29-38-24-3-1-2-4-25(24)42(29)27-17-26(41-13-15-44-16-14-41)39-30(40-27)35-19-21-7-11-23(12-8-21)37-31(43)36-22-9-5-20(18-34)6-10-22/h1-6,9-10,17,21,23,28H,7-8,11-16,19H2,(H,35,39,40)(H2,36,37,43). The Bertz CT molecular complexity index is 1640. The number of nitrogens with zero attached hydrogens (tertiary/aromatic N) is 6. The normalized spacial score (nSPS) is 18.6. The van der Waals surface area contributed by atoms with Crippen LogP contribution in [0.25, 0.3) is 16.9 Å². The molecule has 3 N–H and O–H groups in total. The van der Waals surface area contributed by atoms with Crippen LogP contribution in [0.2, 0.25) is 0 Å². The molecule has 1 aliphatic heterocycles. The van der Waals surface area contributed by atoms with Crippen LogP contribution < -0.4 is 20.9 Å². The summed E-state index contributed by atoms with van der Waals surface area (Å²) in [5.74, 6) is 1.30. The molecular weight excluding hydrogens is 568 g/mol. The maximum Gasteiger partial charge on any atom is 0.319 e. The Labute approximate surface area is 253 Å². The van der Waals surface area contributed by atoms with Gasteiger partial charge >= 0.3 is 6.03 Å². The maximum absolute atomic E-state index is 14.1. The molecule has 6 rings (SSSR count). The van der Waals surface area contributed by atoms with E-state index in [1.807, 2.05) is 0 Å². The third-order valence-corrected chi connectivity index (χ3v) is 8.05. The molecule has 1 saturated carbocycles. The zero-order chi connectivity index (χ0) is 30.5. The van der Waals surface area contributed by atoms with Crippen LogP contribution in [-0.4, -0.2) is 64.4 Å². The summed E-state index contributed by atoms with van der Waals surface area (Å²) in [4.78, 5) is 28.2. The van der Waals surface area contributed by atoms with Crippen molar-refractivity contribution in [2.24, 2.45) is 5.92 Å². The Morgan fingerprint density at radius 1 is 1.00 bits per heavy atom. The molecule has 11 nitrogen and oxygen atoms in total. The number of imidazole rings is 1. The van der Waals surface area contributed by atoms with Crippen LogP contribution >= 0.6 is 0 Å². The van der Waals surface area contributed by atoms with E-state index in [2.05, 4.69) is 36.9 Å². The molecule has 0 bridgehead atoms. The van der Waals surface area contributed by atoms with E-state index in [-0.39, 0.29) is 17.9 Å². The van der Waals surface area contributed by atoms with Crippen molar-refractivity contribution in [3.8, 4) is 11.9 Å². The van der Waals surface area contributed by atoms with Crippen molar-refractivity contribution in [1.82, 2.24) is 24.8 Å². The number of nitriles is 1. The number of hydrogen-bond donors (Lipinski definition) is 3. The number of halogens is 2. The zero-order valence-electron chi connectivity index (χ0n) is 24.0. The number of alkyl halides is 2. The van der Waals surface area contributed by atoms with Crippen LogP contribution in [-0.2, 0) is 4.74 Å². The third-order valence-electron chi connectivity index (χ3n) is 8.05. The number of rotatable bonds is 8. The van der Waals surface area contributed by atoms with Crippen molar-refractivity contribution in [3.63, 3.8) is 0 Å². The van der Waals surface area contributed by atoms with Crippen LogP contribution in [0.3, 0.4) is 0 Å². The number of hydrogen-bond acceptors (Lipinski definition) is 8. The minimum atomic E-state index is -2.78. The fraction of sp³-hybridized carbons (Fsp3) is 0.387. The van der Waals surface area contributed by atoms with E-state index in [4.69, 9.17) is 15.0 Å². The Morgan fingerprint density at radius 3 is 2.45 bits per heavy atom. The molecule has 13 heteroatoms. The molecular formula is C31H33F2N9O2. The second-order valence-electron chi connectivity index (χ2n) is 11.0. The highest BCUT2D eigenvalue weighted by Crippen LogP contribution is 2.30. The van der Waals surface area contributed by atoms with Crippen molar-refractivity contribution < 1.29 is 18.3 Å². The fourth-order valence-electron chi connectivity index (χ4n) is 5.73. The van der Waals surface area contributed by atoms with E-state index in [9.17, 15) is 13.6 Å². The Kier molecular flexibility index (Phi) is 8.79. The molecule has 1 aliphatic carbocycles. The summed E-state index contributed by atoms with van der Waals surface area (Å²) in [5.41, 5.74) is 2.18. The first kappa shape index (κ1) is 29.3. The number of benzene rings is 2. The van der Waals surface area contributed by atoms with Crippen molar-refractivity contribution in [2.75, 3.05) is 48.4 Å². The number of anilines is 3. The zero-order valence-corrected chi connectivity index (χ0v) is 24.0. The lowest BCUT2D eigenvalue weighted by molar-refractivity contribution is 0.122. The monoisotopic (exact) mass is 601 g/mol. The first-order valence-electron chi connectivity index (χ1n) is 14.8. The average molecular weight is 602 g/mol. The van der Waals surface area contributed by atoms with Gasteiger partial charge in [0, 0.05) is 37.4 Å². The predicted molar refractivity (Wildman–Crippen MR) is 162 cm³/mol. The second-order valence-corrected chi connectivity index (χ2v) is 11.0. The Morgan fingerprint density at radius 2 is 1.73 bits per heavy atom. The second kappa shape index (κ2) is 13.2. The van der Waals surface area contributed by atoms with Gasteiger partial charge in [0.2, 0.25) is 5.95 Å². The lowest BCUT2D eigenvalue weighted by Gasteiger charge is -2.30. The van der Waals surface area contributed by atoms with Crippen LogP contribution in [0.5, 0.6) is 0 Å². The van der Waals surface area contributed by atoms with E-state index in [1.165, 1.54) is 4.57 Å². The van der Waals surface area contributed by atoms with Gasteiger partial charge in [0.25, 0.3) is 6.43 Å². The number of aromatic nitrogens is 4. The van der Waals surface area contributed by atoms with Crippen molar-refractivity contribution in [1.29, 1.82) is 5.26 Å². The quantitative estimate of drug-likeness (QED) is 0.249. The number of nitrogens with one attached hydrogen (secondary N) is 3. The molecule has 4 aromatic rings. The number of carbonyl (C=O) groups is 1. The summed E-state index contributed by atoms with van der Waals surface area (Å²) in [6.45, 7) is 3.00. The molecule has 1 saturated heterocycles. The van der Waals surface area contributed by atoms with Gasteiger partial charge in [-0.25, -0.2) is 18.6 Å². The summed E-state index contributed by atoms with van der Waals surface area (Å²) in [6, 6.07) is 17.3. The third kappa shape index (κ3) is 6.70. The summed E-state index contributed by atoms with van der Waals surface area (Å²) in [7, 11) is 0. The van der Waals surface area contributed by atoms with Crippen molar-refractivity contribution in [3.05, 3.63) is 66.0 Å². The molecule has 44 heavy (non-hydrogen) atoms. The van der Waals surface area contributed by atoms with Crippen LogP contribution in [0, 0.1) is 17.2 Å². The first-order chi connectivity index (χ1) is 21.5. The number of urea groups is 1. The number of fused-ring (bicyclic) bond motifs is 1. The summed E-state index contributed by atoms with van der Waals surface area (Å²) in [5, 5.41) is 18.2. The van der Waals surface area contributed by atoms with Gasteiger partial charge in [0.05, 0.1) is 35.9 Å². The fourth-order valence-corrected chi connectivity index (χ4v) is 5.73. The van der Waals surface area contributed by atoms with Gasteiger partial charge in [-0.2, -0.15) is 15.2 Å². The largest absolute Gasteiger partial charge is 0.378 e. The van der Waals surface area contributed by atoms with Crippen LogP contribution in [0.15, 0.2) is 54.6 Å². The van der Waals surface area contributed by atoms with E-state index >= 15 is 0 Å². The summed E-state index contributed by atoms with van der Waals surface area (Å²) < 4.78 is 35.2. The highest BCUT2D eigenvalue weighted by molar-refractivity contribution is 5.89. The van der Waals surface area contributed by atoms with Crippen LogP contribution in [0.1, 0.15) is 43.5 Å². The topological polar surface area (TPSA) is 133 Å². The number of carbonyl (C=O) groups excluding carboxylic acids is 1. The lowest BCUT2D eigenvalue weighted by atomic mass is 9.86. The molecule has 2 fully saturated rings. The van der Waals surface area contributed by atoms with Gasteiger partial charge in [-0.05, 0) is 68.0 Å². The summed E-state index contributed by atoms with van der Waals surface area (Å²) in [6.07, 6.45) is 0.659. The average Bonchev–Trinajstić information content (AvgIpc) is 3.45. The lowest BCUT2D eigenvalue weighted by Crippen LogP contribution is -2.40. The first-order valence-corrected chi connectivity index (χ1v) is 14.8. The molecule has 0 atom stereocenters. The number of morpholine rings is 1. The Balaban J connectivity index is 1.12. The number of ether oxygens (including phenoxy) is 1. The molecule has 0 radical (unpaired) electrons. The molecule has 2 aliphatic rings. The van der Waals surface area contributed by atoms with Gasteiger partial charge < -0.3 is 25.6 Å². The molecule has 2 amide bonds. The predicted octanol–water partition coefficient (Wildman–Crippen LogP) is 5.25. The Hall–Kier alpha value is -4.83. The van der Waals surface area contributed by atoms with E-state index in [0.29, 0.717) is 78.6 Å². The van der Waals surface area contributed by atoms with Crippen LogP contribution in [0.4, 0.5) is 31.0 Å². The number of amides is 2. The van der Waals surface area contributed by atoms with Gasteiger partial charge in [-0.15, -0.1) is 0 Å².